The lowest BCUT2D eigenvalue weighted by atomic mass is 9.99. The largest absolute Gasteiger partial charge is 0.508 e. The molecule has 0 saturated heterocycles. The molecule has 0 aromatic heterocycles. The van der Waals surface area contributed by atoms with Gasteiger partial charge in [0.2, 0.25) is 0 Å². The van der Waals surface area contributed by atoms with Crippen molar-refractivity contribution in [1.82, 2.24) is 4.90 Å². The van der Waals surface area contributed by atoms with Crippen LogP contribution in [0.4, 0.5) is 0 Å². The van der Waals surface area contributed by atoms with E-state index in [9.17, 15) is 19.8 Å². The monoisotopic (exact) mass is 433 g/mol. The number of hydrogen-bond acceptors (Lipinski definition) is 4. The summed E-state index contributed by atoms with van der Waals surface area (Å²) in [6, 6.07) is 21.9. The van der Waals surface area contributed by atoms with E-state index in [0.29, 0.717) is 25.1 Å². The number of carboxylic acid groups (broad SMARTS) is 1. The van der Waals surface area contributed by atoms with Gasteiger partial charge < -0.3 is 19.8 Å². The lowest BCUT2D eigenvalue weighted by Crippen LogP contribution is -2.26. The summed E-state index contributed by atoms with van der Waals surface area (Å²) in [7, 11) is 1.74. The highest BCUT2D eigenvalue weighted by Gasteiger charge is 2.18. The van der Waals surface area contributed by atoms with Gasteiger partial charge in [-0.05, 0) is 59.5 Å². The summed E-state index contributed by atoms with van der Waals surface area (Å²) >= 11 is 0. The highest BCUT2D eigenvalue weighted by molar-refractivity contribution is 5.94. The fourth-order valence-electron chi connectivity index (χ4n) is 3.49. The Morgan fingerprint density at radius 3 is 2.25 bits per heavy atom. The smallest absolute Gasteiger partial charge is 0.333 e. The zero-order valence-electron chi connectivity index (χ0n) is 18.2. The summed E-state index contributed by atoms with van der Waals surface area (Å²) < 4.78 is 5.29. The van der Waals surface area contributed by atoms with Crippen LogP contribution < -0.4 is 0 Å². The first-order valence-corrected chi connectivity index (χ1v) is 10.4. The molecule has 0 aliphatic rings. The first-order valence-electron chi connectivity index (χ1n) is 10.4. The number of carboxylic acids is 1. The third-order valence-corrected chi connectivity index (χ3v) is 5.16. The molecule has 166 valence electrons. The zero-order chi connectivity index (χ0) is 23.1. The quantitative estimate of drug-likeness (QED) is 0.523. The van der Waals surface area contributed by atoms with E-state index in [1.165, 1.54) is 12.1 Å². The van der Waals surface area contributed by atoms with Crippen LogP contribution in [0, 0.1) is 0 Å². The average molecular weight is 434 g/mol. The van der Waals surface area contributed by atoms with Gasteiger partial charge >= 0.3 is 5.97 Å². The van der Waals surface area contributed by atoms with E-state index in [1.54, 1.807) is 31.0 Å². The maximum Gasteiger partial charge on any atom is 0.333 e. The molecule has 0 aliphatic carbocycles. The summed E-state index contributed by atoms with van der Waals surface area (Å²) in [5.74, 6) is -0.962. The molecular weight excluding hydrogens is 406 g/mol. The second-order valence-corrected chi connectivity index (χ2v) is 7.59. The lowest BCUT2D eigenvalue weighted by molar-refractivity contribution is -0.149. The standard InChI is InChI=1S/C26H27NO5/c1-3-32-24(26(30)31)16-18-7-9-20(10-8-18)22-6-4-5-19(15-22)17-27(2)25(29)21-11-13-23(28)14-12-21/h4-15,24,28H,3,16-17H2,1-2H3,(H,30,31). The van der Waals surface area contributed by atoms with E-state index in [2.05, 4.69) is 0 Å². The molecule has 6 heteroatoms. The van der Waals surface area contributed by atoms with E-state index < -0.39 is 12.1 Å². The molecule has 0 radical (unpaired) electrons. The summed E-state index contributed by atoms with van der Waals surface area (Å²) in [6.45, 7) is 2.58. The van der Waals surface area contributed by atoms with Crippen LogP contribution in [0.25, 0.3) is 11.1 Å². The van der Waals surface area contributed by atoms with Gasteiger partial charge in [-0.25, -0.2) is 4.79 Å². The molecule has 1 amide bonds. The molecular formula is C26H27NO5. The Kier molecular flexibility index (Phi) is 7.63. The predicted molar refractivity (Wildman–Crippen MR) is 123 cm³/mol. The molecule has 0 saturated carbocycles. The Morgan fingerprint density at radius 2 is 1.62 bits per heavy atom. The molecule has 3 aromatic carbocycles. The predicted octanol–water partition coefficient (Wildman–Crippen LogP) is 4.36. The molecule has 0 fully saturated rings. The van der Waals surface area contributed by atoms with Crippen LogP contribution in [0.3, 0.4) is 0 Å². The molecule has 1 atom stereocenters. The molecule has 32 heavy (non-hydrogen) atoms. The Bertz CT molecular complexity index is 1060. The van der Waals surface area contributed by atoms with Crippen LogP contribution in [0.2, 0.25) is 0 Å². The lowest BCUT2D eigenvalue weighted by Gasteiger charge is -2.18. The highest BCUT2D eigenvalue weighted by atomic mass is 16.5. The average Bonchev–Trinajstić information content (AvgIpc) is 2.79. The van der Waals surface area contributed by atoms with E-state index in [-0.39, 0.29) is 11.7 Å². The molecule has 3 rings (SSSR count). The van der Waals surface area contributed by atoms with Gasteiger partial charge in [-0.3, -0.25) is 4.79 Å². The van der Waals surface area contributed by atoms with E-state index in [1.807, 2.05) is 48.5 Å². The van der Waals surface area contributed by atoms with Crippen molar-refractivity contribution < 1.29 is 24.5 Å². The van der Waals surface area contributed by atoms with Crippen molar-refractivity contribution in [2.45, 2.75) is 26.0 Å². The number of nitrogens with zero attached hydrogens (tertiary/aromatic N) is 1. The van der Waals surface area contributed by atoms with Crippen molar-refractivity contribution in [1.29, 1.82) is 0 Å². The van der Waals surface area contributed by atoms with E-state index in [0.717, 1.165) is 22.3 Å². The molecule has 6 nitrogen and oxygen atoms in total. The molecule has 0 aliphatic heterocycles. The van der Waals surface area contributed by atoms with Gasteiger partial charge in [-0.2, -0.15) is 0 Å². The third kappa shape index (κ3) is 5.95. The number of ether oxygens (including phenoxy) is 1. The molecule has 3 aromatic rings. The number of phenols is 1. The second kappa shape index (κ2) is 10.6. The number of hydrogen-bond donors (Lipinski definition) is 2. The number of phenolic OH excluding ortho intramolecular Hbond substituents is 1. The summed E-state index contributed by atoms with van der Waals surface area (Å²) in [4.78, 5) is 25.6. The number of carbonyl (C=O) groups excluding carboxylic acids is 1. The Morgan fingerprint density at radius 1 is 0.938 bits per heavy atom. The van der Waals surface area contributed by atoms with Crippen molar-refractivity contribution in [2.75, 3.05) is 13.7 Å². The SMILES string of the molecule is CCOC(Cc1ccc(-c2cccc(CN(C)C(=O)c3ccc(O)cc3)c2)cc1)C(=O)O. The van der Waals surface area contributed by atoms with Crippen molar-refractivity contribution >= 4 is 11.9 Å². The topological polar surface area (TPSA) is 87.1 Å². The number of aliphatic carboxylic acids is 1. The normalized spacial score (nSPS) is 11.7. The number of amides is 1. The zero-order valence-corrected chi connectivity index (χ0v) is 18.2. The van der Waals surface area contributed by atoms with Gasteiger partial charge in [0.1, 0.15) is 5.75 Å². The van der Waals surface area contributed by atoms with Gasteiger partial charge in [-0.15, -0.1) is 0 Å². The van der Waals surface area contributed by atoms with Gasteiger partial charge in [0.05, 0.1) is 0 Å². The first kappa shape index (κ1) is 23.0. The summed E-state index contributed by atoms with van der Waals surface area (Å²) in [5, 5.41) is 18.7. The number of carbonyl (C=O) groups is 2. The van der Waals surface area contributed by atoms with Crippen molar-refractivity contribution in [2.24, 2.45) is 0 Å². The maximum atomic E-state index is 12.6. The first-order chi connectivity index (χ1) is 15.4. The van der Waals surface area contributed by atoms with E-state index >= 15 is 0 Å². The Hall–Kier alpha value is -3.64. The van der Waals surface area contributed by atoms with Crippen LogP contribution in [0.5, 0.6) is 5.75 Å². The minimum absolute atomic E-state index is 0.123. The van der Waals surface area contributed by atoms with Gasteiger partial charge in [0.15, 0.2) is 6.10 Å². The van der Waals surface area contributed by atoms with Gasteiger partial charge in [-0.1, -0.05) is 42.5 Å². The highest BCUT2D eigenvalue weighted by Crippen LogP contribution is 2.23. The summed E-state index contributed by atoms with van der Waals surface area (Å²) in [6.07, 6.45) is -0.538. The minimum atomic E-state index is -0.963. The van der Waals surface area contributed by atoms with Crippen molar-refractivity contribution in [3.8, 4) is 16.9 Å². The Labute approximate surface area is 187 Å². The van der Waals surface area contributed by atoms with Crippen molar-refractivity contribution in [3.05, 3.63) is 89.5 Å². The third-order valence-electron chi connectivity index (χ3n) is 5.16. The molecule has 0 spiro atoms. The Balaban J connectivity index is 1.69. The number of rotatable bonds is 9. The minimum Gasteiger partial charge on any atom is -0.508 e. The fourth-order valence-corrected chi connectivity index (χ4v) is 3.49. The van der Waals surface area contributed by atoms with Gasteiger partial charge in [0.25, 0.3) is 5.91 Å². The van der Waals surface area contributed by atoms with Crippen LogP contribution in [0.1, 0.15) is 28.4 Å². The van der Waals surface area contributed by atoms with Crippen LogP contribution >= 0.6 is 0 Å². The van der Waals surface area contributed by atoms with Crippen LogP contribution in [0.15, 0.2) is 72.8 Å². The number of aromatic hydroxyl groups is 1. The second-order valence-electron chi connectivity index (χ2n) is 7.59. The maximum absolute atomic E-state index is 12.6. The molecule has 2 N–H and O–H groups in total. The fraction of sp³-hybridized carbons (Fsp3) is 0.231. The molecule has 0 bridgehead atoms. The van der Waals surface area contributed by atoms with Gasteiger partial charge in [0, 0.05) is 32.2 Å². The molecule has 0 heterocycles. The molecule has 1 unspecified atom stereocenters. The van der Waals surface area contributed by atoms with Crippen LogP contribution in [-0.4, -0.2) is 46.7 Å². The summed E-state index contributed by atoms with van der Waals surface area (Å²) in [5.41, 5.74) is 4.42. The number of benzene rings is 3. The van der Waals surface area contributed by atoms with Crippen molar-refractivity contribution in [3.63, 3.8) is 0 Å². The van der Waals surface area contributed by atoms with E-state index in [4.69, 9.17) is 4.74 Å². The van der Waals surface area contributed by atoms with Crippen LogP contribution in [-0.2, 0) is 22.5 Å².